The summed E-state index contributed by atoms with van der Waals surface area (Å²) >= 11 is 0. The topological polar surface area (TPSA) is 12.9 Å². The molecule has 0 aliphatic carbocycles. The number of hydrogen-bond acceptors (Lipinski definition) is 1. The number of fused-ring (bicyclic) bond motifs is 5. The van der Waals surface area contributed by atoms with Gasteiger partial charge >= 0.3 is 0 Å². The summed E-state index contributed by atoms with van der Waals surface area (Å²) in [5.74, 6) is 0. The minimum atomic E-state index is 0.974. The van der Waals surface area contributed by atoms with Crippen molar-refractivity contribution < 1.29 is 0 Å². The first kappa shape index (κ1) is 28.4. The largest absolute Gasteiger partial charge is 0.256 e. The highest BCUT2D eigenvalue weighted by Crippen LogP contribution is 2.45. The van der Waals surface area contributed by atoms with Crippen molar-refractivity contribution in [2.75, 3.05) is 0 Å². The van der Waals surface area contributed by atoms with Crippen molar-refractivity contribution in [2.24, 2.45) is 0 Å². The Hall–Kier alpha value is -6.57. The van der Waals surface area contributed by atoms with Crippen LogP contribution in [0.15, 0.2) is 188 Å². The van der Waals surface area contributed by atoms with E-state index in [4.69, 9.17) is 4.98 Å². The average Bonchev–Trinajstić information content (AvgIpc) is 3.19. The van der Waals surface area contributed by atoms with Crippen LogP contribution in [0.5, 0.6) is 0 Å². The lowest BCUT2D eigenvalue weighted by Crippen LogP contribution is -1.92. The van der Waals surface area contributed by atoms with E-state index < -0.39 is 0 Å². The van der Waals surface area contributed by atoms with Gasteiger partial charge in [-0.05, 0) is 112 Å². The highest BCUT2D eigenvalue weighted by molar-refractivity contribution is 6.22. The van der Waals surface area contributed by atoms with Gasteiger partial charge in [0.15, 0.2) is 0 Å². The Morgan fingerprint density at radius 1 is 0.260 bits per heavy atom. The number of pyridine rings is 1. The molecule has 232 valence electrons. The molecule has 0 unspecified atom stereocenters. The lowest BCUT2D eigenvalue weighted by molar-refractivity contribution is 1.33. The molecule has 9 aromatic carbocycles. The summed E-state index contributed by atoms with van der Waals surface area (Å²) in [7, 11) is 0. The van der Waals surface area contributed by atoms with Crippen LogP contribution >= 0.6 is 0 Å². The van der Waals surface area contributed by atoms with Crippen molar-refractivity contribution in [3.05, 3.63) is 188 Å². The maximum absolute atomic E-state index is 4.97. The number of hydrogen-bond donors (Lipinski definition) is 0. The first-order valence-electron chi connectivity index (χ1n) is 17.2. The molecule has 10 aromatic rings. The second-order valence-corrected chi connectivity index (χ2v) is 13.2. The summed E-state index contributed by atoms with van der Waals surface area (Å²) < 4.78 is 0. The molecule has 0 aliphatic heterocycles. The van der Waals surface area contributed by atoms with Crippen LogP contribution in [0.1, 0.15) is 0 Å². The Balaban J connectivity index is 1.20. The van der Waals surface area contributed by atoms with Gasteiger partial charge in [-0.25, -0.2) is 0 Å². The van der Waals surface area contributed by atoms with Crippen molar-refractivity contribution in [1.82, 2.24) is 4.98 Å². The molecule has 1 heterocycles. The molecule has 0 radical (unpaired) electrons. The second-order valence-electron chi connectivity index (χ2n) is 13.2. The SMILES string of the molecule is c1ccc2cc(-c3ccc(-c4ccc5c(-c6ccc7ccccc7c6)c6ccccc6c(-c6ccc7ccccc7c6)c5c4)cn3)ccc2c1. The molecule has 1 nitrogen and oxygen atoms in total. The van der Waals surface area contributed by atoms with Crippen LogP contribution in [0.2, 0.25) is 0 Å². The zero-order chi connectivity index (χ0) is 33.0. The standard InChI is InChI=1S/C49H31N/c1-4-12-35-27-39(20-17-32(35)9-1)47-26-24-42(31-50-47)38-23-25-45-46(30-38)49(41-22-19-34-11-3-6-14-37(34)29-41)44-16-8-7-15-43(44)48(45)40-21-18-33-10-2-5-13-36(33)28-40/h1-31H. The maximum atomic E-state index is 4.97. The molecule has 0 N–H and O–H groups in total. The zero-order valence-electron chi connectivity index (χ0n) is 27.3. The van der Waals surface area contributed by atoms with Gasteiger partial charge in [0.05, 0.1) is 5.69 Å². The van der Waals surface area contributed by atoms with Crippen LogP contribution < -0.4 is 0 Å². The minimum absolute atomic E-state index is 0.974. The van der Waals surface area contributed by atoms with Crippen molar-refractivity contribution >= 4 is 53.9 Å². The Kier molecular flexibility index (Phi) is 6.57. The zero-order valence-corrected chi connectivity index (χ0v) is 27.3. The van der Waals surface area contributed by atoms with Crippen LogP contribution in [0.3, 0.4) is 0 Å². The smallest absolute Gasteiger partial charge is 0.0702 e. The third kappa shape index (κ3) is 4.75. The molecule has 0 aliphatic rings. The third-order valence-electron chi connectivity index (χ3n) is 10.2. The van der Waals surface area contributed by atoms with Gasteiger partial charge in [-0.15, -0.1) is 0 Å². The molecule has 10 rings (SSSR count). The van der Waals surface area contributed by atoms with Gasteiger partial charge < -0.3 is 0 Å². The van der Waals surface area contributed by atoms with E-state index >= 15 is 0 Å². The number of nitrogens with zero attached hydrogens (tertiary/aromatic N) is 1. The Morgan fingerprint density at radius 2 is 0.680 bits per heavy atom. The Morgan fingerprint density at radius 3 is 1.22 bits per heavy atom. The highest BCUT2D eigenvalue weighted by Gasteiger charge is 2.18. The third-order valence-corrected chi connectivity index (χ3v) is 10.2. The molecule has 0 fully saturated rings. The van der Waals surface area contributed by atoms with Crippen LogP contribution in [0, 0.1) is 0 Å². The molecule has 1 aromatic heterocycles. The molecule has 50 heavy (non-hydrogen) atoms. The van der Waals surface area contributed by atoms with E-state index in [1.165, 1.54) is 76.1 Å². The van der Waals surface area contributed by atoms with Crippen LogP contribution in [0.25, 0.3) is 98.5 Å². The number of benzene rings is 9. The van der Waals surface area contributed by atoms with E-state index in [1.807, 2.05) is 6.20 Å². The van der Waals surface area contributed by atoms with Gasteiger partial charge in [-0.2, -0.15) is 0 Å². The Bertz CT molecular complexity index is 2920. The predicted octanol–water partition coefficient (Wildman–Crippen LogP) is 13.5. The Labute approximate surface area is 290 Å². The lowest BCUT2D eigenvalue weighted by atomic mass is 9.84. The van der Waals surface area contributed by atoms with E-state index in [0.717, 1.165) is 22.4 Å². The fraction of sp³-hybridized carbons (Fsp3) is 0. The van der Waals surface area contributed by atoms with E-state index in [1.54, 1.807) is 0 Å². The molecule has 0 saturated heterocycles. The number of aromatic nitrogens is 1. The van der Waals surface area contributed by atoms with Crippen molar-refractivity contribution in [3.8, 4) is 44.6 Å². The van der Waals surface area contributed by atoms with Gasteiger partial charge in [-0.1, -0.05) is 152 Å². The van der Waals surface area contributed by atoms with Gasteiger partial charge in [-0.3, -0.25) is 4.98 Å². The fourth-order valence-corrected chi connectivity index (χ4v) is 7.75. The van der Waals surface area contributed by atoms with Gasteiger partial charge in [0.25, 0.3) is 0 Å². The number of rotatable bonds is 4. The summed E-state index contributed by atoms with van der Waals surface area (Å²) in [5, 5.41) is 12.4. The summed E-state index contributed by atoms with van der Waals surface area (Å²) in [6, 6.07) is 66.3. The lowest BCUT2D eigenvalue weighted by Gasteiger charge is -2.19. The molecule has 0 saturated carbocycles. The molecule has 1 heteroatoms. The van der Waals surface area contributed by atoms with Crippen LogP contribution in [0.4, 0.5) is 0 Å². The van der Waals surface area contributed by atoms with E-state index in [-0.39, 0.29) is 0 Å². The van der Waals surface area contributed by atoms with Gasteiger partial charge in [0, 0.05) is 17.3 Å². The minimum Gasteiger partial charge on any atom is -0.256 e. The highest BCUT2D eigenvalue weighted by atomic mass is 14.7. The molecular weight excluding hydrogens is 603 g/mol. The molecular formula is C49H31N. The second kappa shape index (κ2) is 11.5. The summed E-state index contributed by atoms with van der Waals surface area (Å²) in [6.45, 7) is 0. The van der Waals surface area contributed by atoms with Crippen molar-refractivity contribution in [3.63, 3.8) is 0 Å². The molecule has 0 amide bonds. The summed E-state index contributed by atoms with van der Waals surface area (Å²) in [4.78, 5) is 4.97. The van der Waals surface area contributed by atoms with Crippen LogP contribution in [-0.4, -0.2) is 4.98 Å². The fourth-order valence-electron chi connectivity index (χ4n) is 7.75. The first-order valence-corrected chi connectivity index (χ1v) is 17.2. The quantitative estimate of drug-likeness (QED) is 0.176. The first-order chi connectivity index (χ1) is 24.8. The van der Waals surface area contributed by atoms with Crippen molar-refractivity contribution in [2.45, 2.75) is 0 Å². The predicted molar refractivity (Wildman–Crippen MR) is 214 cm³/mol. The van der Waals surface area contributed by atoms with E-state index in [9.17, 15) is 0 Å². The van der Waals surface area contributed by atoms with Gasteiger partial charge in [0.2, 0.25) is 0 Å². The molecule has 0 spiro atoms. The van der Waals surface area contributed by atoms with Gasteiger partial charge in [0.1, 0.15) is 0 Å². The van der Waals surface area contributed by atoms with E-state index in [0.29, 0.717) is 0 Å². The molecule has 0 atom stereocenters. The summed E-state index contributed by atoms with van der Waals surface area (Å²) in [5.41, 5.74) is 9.32. The van der Waals surface area contributed by atoms with Crippen LogP contribution in [-0.2, 0) is 0 Å². The average molecular weight is 634 g/mol. The monoisotopic (exact) mass is 633 g/mol. The van der Waals surface area contributed by atoms with E-state index in [2.05, 4.69) is 182 Å². The normalized spacial score (nSPS) is 11.6. The maximum Gasteiger partial charge on any atom is 0.0702 e. The summed E-state index contributed by atoms with van der Waals surface area (Å²) in [6.07, 6.45) is 2.02. The molecule has 0 bridgehead atoms. The van der Waals surface area contributed by atoms with Crippen molar-refractivity contribution in [1.29, 1.82) is 0 Å².